The molecule has 1 aromatic carbocycles. The second-order valence-electron chi connectivity index (χ2n) is 6.09. The van der Waals surface area contributed by atoms with E-state index in [0.29, 0.717) is 12.1 Å². The van der Waals surface area contributed by atoms with Gasteiger partial charge in [0.15, 0.2) is 11.6 Å². The third-order valence-corrected chi connectivity index (χ3v) is 4.49. The number of carbonyl (C=O) groups excluding carboxylic acids is 1. The number of benzene rings is 1. The van der Waals surface area contributed by atoms with Gasteiger partial charge in [-0.05, 0) is 43.7 Å². The topological polar surface area (TPSA) is 41.1 Å². The number of amides is 1. The summed E-state index contributed by atoms with van der Waals surface area (Å²) in [6.45, 7) is 0. The van der Waals surface area contributed by atoms with Gasteiger partial charge in [-0.1, -0.05) is 12.1 Å². The first kappa shape index (κ1) is 17.2. The first-order valence-corrected chi connectivity index (χ1v) is 7.60. The molecule has 0 spiro atoms. The summed E-state index contributed by atoms with van der Waals surface area (Å²) < 4.78 is 26.6. The minimum atomic E-state index is -0.858. The minimum absolute atomic E-state index is 0. The summed E-state index contributed by atoms with van der Waals surface area (Å²) in [4.78, 5) is 12.0. The molecule has 22 heavy (non-hydrogen) atoms. The van der Waals surface area contributed by atoms with E-state index in [1.165, 1.54) is 25.0 Å². The van der Waals surface area contributed by atoms with Crippen LogP contribution < -0.4 is 10.6 Å². The first-order valence-electron chi connectivity index (χ1n) is 7.60. The van der Waals surface area contributed by atoms with Crippen LogP contribution in [0.1, 0.15) is 37.7 Å². The van der Waals surface area contributed by atoms with E-state index in [4.69, 9.17) is 0 Å². The highest BCUT2D eigenvalue weighted by Gasteiger charge is 2.33. The Hall–Kier alpha value is -1.20. The lowest BCUT2D eigenvalue weighted by Crippen LogP contribution is -2.48. The van der Waals surface area contributed by atoms with Crippen LogP contribution in [0.3, 0.4) is 0 Å². The fourth-order valence-corrected chi connectivity index (χ4v) is 3.46. The Morgan fingerprint density at radius 1 is 1.23 bits per heavy atom. The molecule has 6 heteroatoms. The van der Waals surface area contributed by atoms with E-state index in [-0.39, 0.29) is 42.8 Å². The van der Waals surface area contributed by atoms with Crippen molar-refractivity contribution in [2.24, 2.45) is 0 Å². The third kappa shape index (κ3) is 3.96. The highest BCUT2D eigenvalue weighted by Crippen LogP contribution is 2.26. The molecular formula is C16H21ClF2N2O. The average Bonchev–Trinajstić information content (AvgIpc) is 2.79. The number of carbonyl (C=O) groups is 1. The van der Waals surface area contributed by atoms with Gasteiger partial charge in [-0.2, -0.15) is 0 Å². The van der Waals surface area contributed by atoms with Gasteiger partial charge in [0, 0.05) is 24.5 Å². The molecule has 2 N–H and O–H groups in total. The summed E-state index contributed by atoms with van der Waals surface area (Å²) in [6.07, 6.45) is 4.73. The Morgan fingerprint density at radius 3 is 2.59 bits per heavy atom. The van der Waals surface area contributed by atoms with Gasteiger partial charge in [0.1, 0.15) is 0 Å². The van der Waals surface area contributed by atoms with E-state index < -0.39 is 11.6 Å². The second-order valence-corrected chi connectivity index (χ2v) is 6.09. The van der Waals surface area contributed by atoms with Crippen LogP contribution in [0.4, 0.5) is 8.78 Å². The number of hydrogen-bond acceptors (Lipinski definition) is 2. The van der Waals surface area contributed by atoms with Gasteiger partial charge in [-0.3, -0.25) is 4.79 Å². The van der Waals surface area contributed by atoms with E-state index in [2.05, 4.69) is 10.6 Å². The zero-order valence-electron chi connectivity index (χ0n) is 12.3. The molecule has 3 rings (SSSR count). The van der Waals surface area contributed by atoms with Gasteiger partial charge < -0.3 is 10.6 Å². The molecule has 2 fully saturated rings. The highest BCUT2D eigenvalue weighted by molar-refractivity contribution is 5.85. The maximum Gasteiger partial charge on any atom is 0.220 e. The third-order valence-electron chi connectivity index (χ3n) is 4.49. The lowest BCUT2D eigenvalue weighted by Gasteiger charge is -2.29. The molecule has 122 valence electrons. The van der Waals surface area contributed by atoms with Crippen molar-refractivity contribution in [1.29, 1.82) is 0 Å². The molecule has 2 bridgehead atoms. The van der Waals surface area contributed by atoms with Crippen molar-refractivity contribution in [3.63, 3.8) is 0 Å². The second kappa shape index (κ2) is 7.38. The molecule has 0 radical (unpaired) electrons. The van der Waals surface area contributed by atoms with Gasteiger partial charge in [0.05, 0.1) is 0 Å². The molecule has 2 unspecified atom stereocenters. The highest BCUT2D eigenvalue weighted by atomic mass is 35.5. The molecule has 1 amide bonds. The number of rotatable bonds is 4. The van der Waals surface area contributed by atoms with Gasteiger partial charge in [0.2, 0.25) is 5.91 Å². The van der Waals surface area contributed by atoms with Crippen LogP contribution >= 0.6 is 12.4 Å². The number of halogens is 3. The molecule has 1 aromatic rings. The molecule has 2 saturated heterocycles. The van der Waals surface area contributed by atoms with Crippen LogP contribution in [0, 0.1) is 11.6 Å². The van der Waals surface area contributed by atoms with Crippen molar-refractivity contribution < 1.29 is 13.6 Å². The zero-order chi connectivity index (χ0) is 14.8. The van der Waals surface area contributed by atoms with Crippen molar-refractivity contribution in [3.05, 3.63) is 35.4 Å². The summed E-state index contributed by atoms with van der Waals surface area (Å²) >= 11 is 0. The van der Waals surface area contributed by atoms with E-state index in [9.17, 15) is 13.6 Å². The molecule has 2 atom stereocenters. The fraction of sp³-hybridized carbons (Fsp3) is 0.562. The standard InChI is InChI=1S/C16H20F2N2O.ClH/c17-14-3-1-2-10(16(14)18)4-7-15(21)20-13-8-11-5-6-12(9-13)19-11;/h1-3,11-13,19H,4-9H2,(H,20,21);1H. The summed E-state index contributed by atoms with van der Waals surface area (Å²) in [7, 11) is 0. The average molecular weight is 331 g/mol. The summed E-state index contributed by atoms with van der Waals surface area (Å²) in [5.41, 5.74) is 0.260. The van der Waals surface area contributed by atoms with Crippen molar-refractivity contribution in [2.45, 2.75) is 56.7 Å². The van der Waals surface area contributed by atoms with Crippen LogP contribution in [0.2, 0.25) is 0 Å². The van der Waals surface area contributed by atoms with Crippen molar-refractivity contribution in [1.82, 2.24) is 10.6 Å². The summed E-state index contributed by atoms with van der Waals surface area (Å²) in [5, 5.41) is 6.55. The Morgan fingerprint density at radius 2 is 1.91 bits per heavy atom. The molecular weight excluding hydrogens is 310 g/mol. The van der Waals surface area contributed by atoms with E-state index in [0.717, 1.165) is 18.9 Å². The number of fused-ring (bicyclic) bond motifs is 2. The summed E-state index contributed by atoms with van der Waals surface area (Å²) in [6, 6.07) is 5.34. The number of hydrogen-bond donors (Lipinski definition) is 2. The molecule has 0 aliphatic carbocycles. The molecule has 0 saturated carbocycles. The monoisotopic (exact) mass is 330 g/mol. The van der Waals surface area contributed by atoms with E-state index in [1.54, 1.807) is 0 Å². The smallest absolute Gasteiger partial charge is 0.220 e. The maximum atomic E-state index is 13.5. The van der Waals surface area contributed by atoms with Gasteiger partial charge in [-0.15, -0.1) is 12.4 Å². The maximum absolute atomic E-state index is 13.5. The minimum Gasteiger partial charge on any atom is -0.353 e. The normalized spacial score (nSPS) is 26.4. The largest absolute Gasteiger partial charge is 0.353 e. The lowest BCUT2D eigenvalue weighted by molar-refractivity contribution is -0.122. The number of piperidine rings is 1. The lowest BCUT2D eigenvalue weighted by atomic mass is 9.99. The number of nitrogens with one attached hydrogen (secondary N) is 2. The van der Waals surface area contributed by atoms with Crippen molar-refractivity contribution in [3.8, 4) is 0 Å². The Kier molecular flexibility index (Phi) is 5.75. The predicted octanol–water partition coefficient (Wildman–Crippen LogP) is 2.72. The molecule has 2 heterocycles. The van der Waals surface area contributed by atoms with E-state index >= 15 is 0 Å². The van der Waals surface area contributed by atoms with E-state index in [1.807, 2.05) is 0 Å². The zero-order valence-corrected chi connectivity index (χ0v) is 13.1. The fourth-order valence-electron chi connectivity index (χ4n) is 3.46. The van der Waals surface area contributed by atoms with Gasteiger partial charge in [-0.25, -0.2) is 8.78 Å². The Bertz CT molecular complexity index is 529. The van der Waals surface area contributed by atoms with Gasteiger partial charge >= 0.3 is 0 Å². The predicted molar refractivity (Wildman–Crippen MR) is 83.0 cm³/mol. The summed E-state index contributed by atoms with van der Waals surface area (Å²) in [5.74, 6) is -1.78. The Balaban J connectivity index is 0.00000176. The van der Waals surface area contributed by atoms with Crippen LogP contribution in [0.5, 0.6) is 0 Å². The Labute approximate surface area is 135 Å². The SMILES string of the molecule is Cl.O=C(CCc1cccc(F)c1F)NC1CC2CCC(C1)N2. The first-order chi connectivity index (χ1) is 10.1. The molecule has 3 nitrogen and oxygen atoms in total. The quantitative estimate of drug-likeness (QED) is 0.891. The van der Waals surface area contributed by atoms with Crippen LogP contribution in [-0.2, 0) is 11.2 Å². The molecule has 2 aliphatic heterocycles. The molecule has 2 aliphatic rings. The van der Waals surface area contributed by atoms with Gasteiger partial charge in [0.25, 0.3) is 0 Å². The van der Waals surface area contributed by atoms with Crippen molar-refractivity contribution in [2.75, 3.05) is 0 Å². The molecule has 0 aromatic heterocycles. The number of aryl methyl sites for hydroxylation is 1. The van der Waals surface area contributed by atoms with Crippen LogP contribution in [0.15, 0.2) is 18.2 Å². The van der Waals surface area contributed by atoms with Crippen LogP contribution in [-0.4, -0.2) is 24.0 Å². The van der Waals surface area contributed by atoms with Crippen LogP contribution in [0.25, 0.3) is 0 Å². The van der Waals surface area contributed by atoms with Crippen molar-refractivity contribution >= 4 is 18.3 Å².